The van der Waals surface area contributed by atoms with Crippen LogP contribution in [-0.4, -0.2) is 49.8 Å². The Morgan fingerprint density at radius 3 is 1.19 bits per heavy atom. The van der Waals surface area contributed by atoms with Crippen LogP contribution in [0.15, 0.2) is 178 Å². The fraction of sp³-hybridized carbons (Fsp3) is 0. The van der Waals surface area contributed by atoms with Crippen molar-refractivity contribution < 1.29 is 0 Å². The highest BCUT2D eigenvalue weighted by Crippen LogP contribution is 2.32. The van der Waals surface area contributed by atoms with Gasteiger partial charge in [-0.3, -0.25) is 34.9 Å². The van der Waals surface area contributed by atoms with Crippen molar-refractivity contribution in [1.29, 1.82) is 0 Å². The van der Waals surface area contributed by atoms with Gasteiger partial charge in [0, 0.05) is 113 Å². The van der Waals surface area contributed by atoms with Gasteiger partial charge >= 0.3 is 0 Å². The maximum atomic E-state index is 5.80. The Kier molecular flexibility index (Phi) is 11.8. The Morgan fingerprint density at radius 1 is 0.298 bits per heavy atom. The number of rotatable bonds is 6. The van der Waals surface area contributed by atoms with E-state index in [2.05, 4.69) is 49.8 Å². The number of nitrogens with zero attached hydrogens (tertiary/aromatic N) is 10. The molecule has 0 unspecified atom stereocenters. The molecule has 0 atom stereocenters. The third-order valence-corrected chi connectivity index (χ3v) is 8.40. The molecule has 9 heterocycles. The summed E-state index contributed by atoms with van der Waals surface area (Å²) in [4.78, 5) is 42.0. The lowest BCUT2D eigenvalue weighted by Gasteiger charge is -2.09. The summed E-state index contributed by atoms with van der Waals surface area (Å²) < 4.78 is 0. The summed E-state index contributed by atoms with van der Waals surface area (Å²) in [5.41, 5.74) is 28.5. The second kappa shape index (κ2) is 18.1. The Balaban J connectivity index is 0.000000131. The van der Waals surface area contributed by atoms with Crippen LogP contribution in [0.1, 0.15) is 0 Å². The lowest BCUT2D eigenvalue weighted by Crippen LogP contribution is -1.96. The van der Waals surface area contributed by atoms with Crippen LogP contribution in [0.2, 0.25) is 0 Å². The maximum absolute atomic E-state index is 5.80. The number of nitrogen functional groups attached to an aromatic ring is 3. The Hall–Kier alpha value is -8.32. The summed E-state index contributed by atoms with van der Waals surface area (Å²) in [6, 6.07) is 30.5. The first-order valence-electron chi connectivity index (χ1n) is 17.6. The van der Waals surface area contributed by atoms with E-state index in [-0.39, 0.29) is 0 Å². The number of anilines is 3. The van der Waals surface area contributed by atoms with Gasteiger partial charge < -0.3 is 17.2 Å². The first-order chi connectivity index (χ1) is 28.0. The minimum Gasteiger partial charge on any atom is -0.384 e. The Morgan fingerprint density at radius 2 is 0.719 bits per heavy atom. The molecule has 0 spiro atoms. The largest absolute Gasteiger partial charge is 0.384 e. The van der Waals surface area contributed by atoms with Gasteiger partial charge in [-0.15, -0.1) is 0 Å². The topological polar surface area (TPSA) is 207 Å². The van der Waals surface area contributed by atoms with Gasteiger partial charge in [0.15, 0.2) is 0 Å². The Labute approximate surface area is 328 Å². The summed E-state index contributed by atoms with van der Waals surface area (Å²) in [5.74, 6) is 1.47. The van der Waals surface area contributed by atoms with Gasteiger partial charge in [0.05, 0.1) is 29.0 Å². The van der Waals surface area contributed by atoms with Gasteiger partial charge in [-0.25, -0.2) is 15.0 Å². The molecule has 0 aliphatic heterocycles. The van der Waals surface area contributed by atoms with Crippen molar-refractivity contribution in [3.63, 3.8) is 0 Å². The van der Waals surface area contributed by atoms with Crippen LogP contribution >= 0.6 is 0 Å². The van der Waals surface area contributed by atoms with E-state index >= 15 is 0 Å². The summed E-state index contributed by atoms with van der Waals surface area (Å²) in [6.45, 7) is 0. The normalized spacial score (nSPS) is 10.3. The predicted octanol–water partition coefficient (Wildman–Crippen LogP) is 7.76. The predicted molar refractivity (Wildman–Crippen MR) is 223 cm³/mol. The molecular weight excluding hydrogens is 711 g/mol. The molecule has 0 fully saturated rings. The second-order valence-corrected chi connectivity index (χ2v) is 12.2. The lowest BCUT2D eigenvalue weighted by molar-refractivity contribution is 1.20. The molecule has 0 radical (unpaired) electrons. The quantitative estimate of drug-likeness (QED) is 0.149. The first kappa shape index (κ1) is 37.0. The molecule has 9 aromatic heterocycles. The molecule has 0 saturated heterocycles. The molecule has 57 heavy (non-hydrogen) atoms. The number of pyridine rings is 8. The molecule has 0 bridgehead atoms. The lowest BCUT2D eigenvalue weighted by atomic mass is 10.0. The van der Waals surface area contributed by atoms with Crippen molar-refractivity contribution in [3.8, 4) is 67.3 Å². The molecule has 0 aliphatic rings. The fourth-order valence-corrected chi connectivity index (χ4v) is 5.77. The standard InChI is InChI=1S/2C15H12N4.C14H11N5/c16-14-6-5-13(11-3-1-7-17-9-11)15(19-14)12-4-2-8-18-10-12;16-14-2-1-13(11-3-7-17-8-4-11)15(19-14)12-5-9-18-10-6-12;15-13-2-1-11(12-9-17-7-8-18-12)14(19-13)10-3-5-16-6-4-10/h2*1-10H,(H2,16,19);1-9H,(H2,15,19). The van der Waals surface area contributed by atoms with Crippen LogP contribution in [0.3, 0.4) is 0 Å². The maximum Gasteiger partial charge on any atom is 0.124 e. The van der Waals surface area contributed by atoms with E-state index in [1.807, 2.05) is 85.1 Å². The molecule has 0 aromatic carbocycles. The van der Waals surface area contributed by atoms with Crippen molar-refractivity contribution in [2.45, 2.75) is 0 Å². The average Bonchev–Trinajstić information content (AvgIpc) is 3.28. The van der Waals surface area contributed by atoms with E-state index in [0.717, 1.165) is 67.3 Å². The number of hydrogen-bond donors (Lipinski definition) is 3. The minimum absolute atomic E-state index is 0.472. The average molecular weight is 746 g/mol. The van der Waals surface area contributed by atoms with Crippen molar-refractivity contribution in [3.05, 3.63) is 178 Å². The molecule has 0 aliphatic carbocycles. The number of hydrogen-bond acceptors (Lipinski definition) is 13. The van der Waals surface area contributed by atoms with E-state index in [0.29, 0.717) is 17.5 Å². The molecule has 0 amide bonds. The van der Waals surface area contributed by atoms with E-state index in [1.54, 1.807) is 92.6 Å². The monoisotopic (exact) mass is 745 g/mol. The van der Waals surface area contributed by atoms with E-state index in [1.165, 1.54) is 0 Å². The van der Waals surface area contributed by atoms with Crippen molar-refractivity contribution in [2.24, 2.45) is 0 Å². The third kappa shape index (κ3) is 9.44. The van der Waals surface area contributed by atoms with Gasteiger partial charge in [-0.2, -0.15) is 0 Å². The highest BCUT2D eigenvalue weighted by Gasteiger charge is 2.12. The summed E-state index contributed by atoms with van der Waals surface area (Å²) in [7, 11) is 0. The van der Waals surface area contributed by atoms with Gasteiger partial charge in [0.25, 0.3) is 0 Å². The van der Waals surface area contributed by atoms with Crippen LogP contribution in [0, 0.1) is 0 Å². The number of aromatic nitrogens is 10. The summed E-state index contributed by atoms with van der Waals surface area (Å²) in [6.07, 6.45) is 22.5. The molecule has 276 valence electrons. The minimum atomic E-state index is 0.472. The smallest absolute Gasteiger partial charge is 0.124 e. The molecule has 6 N–H and O–H groups in total. The zero-order valence-electron chi connectivity index (χ0n) is 30.4. The zero-order chi connectivity index (χ0) is 39.2. The highest BCUT2D eigenvalue weighted by molar-refractivity contribution is 5.82. The van der Waals surface area contributed by atoms with Gasteiger partial charge in [-0.05, 0) is 96.6 Å². The Bertz CT molecular complexity index is 2340. The highest BCUT2D eigenvalue weighted by atomic mass is 14.9. The number of nitrogens with two attached hydrogens (primary N) is 3. The van der Waals surface area contributed by atoms with Crippen molar-refractivity contribution >= 4 is 17.5 Å². The van der Waals surface area contributed by atoms with Crippen LogP contribution in [-0.2, 0) is 0 Å². The van der Waals surface area contributed by atoms with Gasteiger partial charge in [0.1, 0.15) is 17.5 Å². The van der Waals surface area contributed by atoms with E-state index in [9.17, 15) is 0 Å². The molecule has 9 rings (SSSR count). The fourth-order valence-electron chi connectivity index (χ4n) is 5.77. The SMILES string of the molecule is Nc1ccc(-c2cccnc2)c(-c2cccnc2)n1.Nc1ccc(-c2ccncc2)c(-c2ccncc2)n1.Nc1ccc(-c2cnccn2)c(-c2ccncc2)n1. The van der Waals surface area contributed by atoms with Crippen molar-refractivity contribution in [1.82, 2.24) is 49.8 Å². The second-order valence-electron chi connectivity index (χ2n) is 12.2. The summed E-state index contributed by atoms with van der Waals surface area (Å²) in [5, 5.41) is 0. The van der Waals surface area contributed by atoms with Crippen molar-refractivity contribution in [2.75, 3.05) is 17.2 Å². The van der Waals surface area contributed by atoms with E-state index in [4.69, 9.17) is 17.2 Å². The molecule has 0 saturated carbocycles. The van der Waals surface area contributed by atoms with Gasteiger partial charge in [0.2, 0.25) is 0 Å². The third-order valence-electron chi connectivity index (χ3n) is 8.40. The summed E-state index contributed by atoms with van der Waals surface area (Å²) >= 11 is 0. The molecule has 9 aromatic rings. The van der Waals surface area contributed by atoms with Crippen LogP contribution in [0.5, 0.6) is 0 Å². The van der Waals surface area contributed by atoms with Crippen LogP contribution in [0.4, 0.5) is 17.5 Å². The van der Waals surface area contributed by atoms with Crippen LogP contribution < -0.4 is 17.2 Å². The molecule has 13 nitrogen and oxygen atoms in total. The van der Waals surface area contributed by atoms with E-state index < -0.39 is 0 Å². The molecular formula is C44H35N13. The molecule has 13 heteroatoms. The van der Waals surface area contributed by atoms with Crippen LogP contribution in [0.25, 0.3) is 67.3 Å². The van der Waals surface area contributed by atoms with Gasteiger partial charge in [-0.1, -0.05) is 6.07 Å². The first-order valence-corrected chi connectivity index (χ1v) is 17.6. The zero-order valence-corrected chi connectivity index (χ0v) is 30.4.